The van der Waals surface area contributed by atoms with Crippen molar-refractivity contribution >= 4 is 21.6 Å². The van der Waals surface area contributed by atoms with Gasteiger partial charge in [-0.05, 0) is 61.9 Å². The van der Waals surface area contributed by atoms with Crippen molar-refractivity contribution in [3.05, 3.63) is 59.7 Å². The summed E-state index contributed by atoms with van der Waals surface area (Å²) in [6.07, 6.45) is -1.64. The molecule has 2 aromatic carbocycles. The highest BCUT2D eigenvalue weighted by atomic mass is 32.2. The highest BCUT2D eigenvalue weighted by molar-refractivity contribution is 7.89. The summed E-state index contributed by atoms with van der Waals surface area (Å²) in [6.45, 7) is 1.37. The van der Waals surface area contributed by atoms with E-state index in [0.717, 1.165) is 31.4 Å². The molecule has 3 rings (SSSR count). The zero-order chi connectivity index (χ0) is 23.4. The third-order valence-corrected chi connectivity index (χ3v) is 7.15. The minimum absolute atomic E-state index is 0.0227. The van der Waals surface area contributed by atoms with E-state index in [1.807, 2.05) is 0 Å². The molecule has 1 heterocycles. The lowest BCUT2D eigenvalue weighted by Gasteiger charge is -2.25. The normalized spacial score (nSPS) is 15.7. The van der Waals surface area contributed by atoms with E-state index >= 15 is 0 Å². The molecule has 0 saturated carbocycles. The van der Waals surface area contributed by atoms with E-state index in [1.165, 1.54) is 28.6 Å². The molecule has 174 valence electrons. The largest absolute Gasteiger partial charge is 0.416 e. The lowest BCUT2D eigenvalue weighted by atomic mass is 10.1. The molecule has 1 N–H and O–H groups in total. The molecule has 1 saturated heterocycles. The van der Waals surface area contributed by atoms with E-state index in [9.17, 15) is 26.4 Å². The van der Waals surface area contributed by atoms with Crippen LogP contribution in [0.2, 0.25) is 0 Å². The molecule has 0 atom stereocenters. The van der Waals surface area contributed by atoms with E-state index in [2.05, 4.69) is 5.32 Å². The van der Waals surface area contributed by atoms with E-state index in [4.69, 9.17) is 0 Å². The van der Waals surface area contributed by atoms with E-state index in [0.29, 0.717) is 30.9 Å². The van der Waals surface area contributed by atoms with Gasteiger partial charge in [0.1, 0.15) is 0 Å². The molecule has 1 amide bonds. The summed E-state index contributed by atoms with van der Waals surface area (Å²) >= 11 is 0. The number of carbonyl (C=O) groups is 1. The molecular weight excluding hydrogens is 443 g/mol. The Morgan fingerprint density at radius 2 is 1.59 bits per heavy atom. The number of piperidine rings is 1. The van der Waals surface area contributed by atoms with Gasteiger partial charge in [0.25, 0.3) is 0 Å². The molecule has 0 radical (unpaired) electrons. The molecule has 1 aliphatic rings. The zero-order valence-electron chi connectivity index (χ0n) is 17.7. The molecule has 32 heavy (non-hydrogen) atoms. The smallest absolute Gasteiger partial charge is 0.325 e. The number of benzene rings is 2. The van der Waals surface area contributed by atoms with Crippen molar-refractivity contribution in [1.29, 1.82) is 0 Å². The van der Waals surface area contributed by atoms with Crippen LogP contribution in [-0.4, -0.2) is 50.2 Å². The van der Waals surface area contributed by atoms with Gasteiger partial charge in [0.2, 0.25) is 15.9 Å². The van der Waals surface area contributed by atoms with Crippen LogP contribution in [-0.2, 0) is 27.5 Å². The maximum Gasteiger partial charge on any atom is 0.416 e. The van der Waals surface area contributed by atoms with E-state index in [1.54, 1.807) is 24.1 Å². The number of sulfonamides is 1. The second kappa shape index (κ2) is 10.0. The Morgan fingerprint density at radius 1 is 1.00 bits per heavy atom. The molecular formula is C22H26F3N3O3S. The van der Waals surface area contributed by atoms with Crippen LogP contribution in [0.25, 0.3) is 0 Å². The number of hydrogen-bond acceptors (Lipinski definition) is 4. The van der Waals surface area contributed by atoms with Crippen LogP contribution in [0.15, 0.2) is 53.4 Å². The van der Waals surface area contributed by atoms with Crippen LogP contribution in [0.4, 0.5) is 18.9 Å². The van der Waals surface area contributed by atoms with E-state index < -0.39 is 21.8 Å². The van der Waals surface area contributed by atoms with Crippen molar-refractivity contribution < 1.29 is 26.4 Å². The van der Waals surface area contributed by atoms with Gasteiger partial charge < -0.3 is 5.32 Å². The van der Waals surface area contributed by atoms with Crippen LogP contribution in [0.5, 0.6) is 0 Å². The van der Waals surface area contributed by atoms with E-state index in [-0.39, 0.29) is 17.3 Å². The zero-order valence-corrected chi connectivity index (χ0v) is 18.5. The first-order valence-electron chi connectivity index (χ1n) is 10.3. The molecule has 0 bridgehead atoms. The minimum atomic E-state index is -4.38. The number of nitrogens with one attached hydrogen (secondary N) is 1. The van der Waals surface area contributed by atoms with Crippen LogP contribution >= 0.6 is 0 Å². The van der Waals surface area contributed by atoms with Gasteiger partial charge >= 0.3 is 6.18 Å². The Hall–Kier alpha value is -2.43. The van der Waals surface area contributed by atoms with Gasteiger partial charge in [-0.25, -0.2) is 8.42 Å². The van der Waals surface area contributed by atoms with Gasteiger partial charge in [0, 0.05) is 25.3 Å². The Labute approximate surface area is 186 Å². The molecule has 6 nitrogen and oxygen atoms in total. The monoisotopic (exact) mass is 469 g/mol. The molecule has 10 heteroatoms. The van der Waals surface area contributed by atoms with Gasteiger partial charge in [-0.15, -0.1) is 0 Å². The third kappa shape index (κ3) is 6.30. The number of alkyl halides is 3. The van der Waals surface area contributed by atoms with Crippen molar-refractivity contribution in [2.45, 2.75) is 36.9 Å². The summed E-state index contributed by atoms with van der Waals surface area (Å²) in [5.74, 6) is -0.314. The van der Waals surface area contributed by atoms with Crippen molar-refractivity contribution in [3.8, 4) is 0 Å². The SMILES string of the molecule is CN(CC(=O)Nc1ccc(S(=O)(=O)N2CCCCC2)cc1)Cc1ccc(C(F)(F)F)cc1. The Balaban J connectivity index is 1.53. The summed E-state index contributed by atoms with van der Waals surface area (Å²) in [5, 5.41) is 2.71. The topological polar surface area (TPSA) is 69.7 Å². The number of likely N-dealkylation sites (N-methyl/N-ethyl adjacent to an activating group) is 1. The standard InChI is InChI=1S/C22H26F3N3O3S/c1-27(15-17-5-7-18(8-6-17)22(23,24)25)16-21(29)26-19-9-11-20(12-10-19)32(30,31)28-13-3-2-4-14-28/h5-12H,2-4,13-16H2,1H3,(H,26,29). The second-order valence-electron chi connectivity index (χ2n) is 7.90. The summed E-state index contributed by atoms with van der Waals surface area (Å²) < 4.78 is 64.8. The van der Waals surface area contributed by atoms with Gasteiger partial charge in [-0.2, -0.15) is 17.5 Å². The van der Waals surface area contributed by atoms with Crippen LogP contribution in [0.3, 0.4) is 0 Å². The fourth-order valence-corrected chi connectivity index (χ4v) is 5.09. The Bertz CT molecular complexity index is 1020. The fraction of sp³-hybridized carbons (Fsp3) is 0.409. The number of hydrogen-bond donors (Lipinski definition) is 1. The molecule has 0 aliphatic carbocycles. The van der Waals surface area contributed by atoms with Crippen molar-refractivity contribution in [2.24, 2.45) is 0 Å². The van der Waals surface area contributed by atoms with Gasteiger partial charge in [0.15, 0.2) is 0 Å². The number of halogens is 3. The minimum Gasteiger partial charge on any atom is -0.325 e. The predicted molar refractivity (Wildman–Crippen MR) is 115 cm³/mol. The molecule has 0 aromatic heterocycles. The number of rotatable bonds is 7. The van der Waals surface area contributed by atoms with Crippen molar-refractivity contribution in [3.63, 3.8) is 0 Å². The maximum atomic E-state index is 12.7. The lowest BCUT2D eigenvalue weighted by Crippen LogP contribution is -2.35. The van der Waals surface area contributed by atoms with Gasteiger partial charge in [-0.1, -0.05) is 18.6 Å². The first-order valence-corrected chi connectivity index (χ1v) is 11.7. The quantitative estimate of drug-likeness (QED) is 0.667. The summed E-state index contributed by atoms with van der Waals surface area (Å²) in [4.78, 5) is 14.2. The fourth-order valence-electron chi connectivity index (χ4n) is 3.58. The lowest BCUT2D eigenvalue weighted by molar-refractivity contribution is -0.137. The molecule has 0 spiro atoms. The highest BCUT2D eigenvalue weighted by Gasteiger charge is 2.30. The highest BCUT2D eigenvalue weighted by Crippen LogP contribution is 2.29. The van der Waals surface area contributed by atoms with Crippen LogP contribution < -0.4 is 5.32 Å². The van der Waals surface area contributed by atoms with Crippen LogP contribution in [0.1, 0.15) is 30.4 Å². The first kappa shape index (κ1) is 24.2. The maximum absolute atomic E-state index is 12.7. The Morgan fingerprint density at radius 3 is 2.16 bits per heavy atom. The van der Waals surface area contributed by atoms with Gasteiger partial charge in [0.05, 0.1) is 17.0 Å². The number of carbonyl (C=O) groups excluding carboxylic acids is 1. The third-order valence-electron chi connectivity index (χ3n) is 5.24. The van der Waals surface area contributed by atoms with Crippen molar-refractivity contribution in [1.82, 2.24) is 9.21 Å². The number of anilines is 1. The number of amides is 1. The summed E-state index contributed by atoms with van der Waals surface area (Å²) in [5.41, 5.74) is 0.406. The Kier molecular flexibility index (Phi) is 7.58. The molecule has 1 fully saturated rings. The predicted octanol–water partition coefficient (Wildman–Crippen LogP) is 3.95. The average Bonchev–Trinajstić information content (AvgIpc) is 2.74. The molecule has 2 aromatic rings. The molecule has 0 unspecified atom stereocenters. The summed E-state index contributed by atoms with van der Waals surface area (Å²) in [7, 11) is -1.85. The van der Waals surface area contributed by atoms with Crippen LogP contribution in [0, 0.1) is 0 Å². The first-order chi connectivity index (χ1) is 15.1. The summed E-state index contributed by atoms with van der Waals surface area (Å²) in [6, 6.07) is 10.9. The average molecular weight is 470 g/mol. The number of nitrogens with zero attached hydrogens (tertiary/aromatic N) is 2. The molecule has 1 aliphatic heterocycles. The van der Waals surface area contributed by atoms with Crippen molar-refractivity contribution in [2.75, 3.05) is 32.0 Å². The van der Waals surface area contributed by atoms with Gasteiger partial charge in [-0.3, -0.25) is 9.69 Å². The second-order valence-corrected chi connectivity index (χ2v) is 9.84.